The summed E-state index contributed by atoms with van der Waals surface area (Å²) in [5, 5.41) is 4.62. The molecule has 0 saturated heterocycles. The molecule has 0 radical (unpaired) electrons. The maximum absolute atomic E-state index is 13.6. The Hall–Kier alpha value is -3.40. The van der Waals surface area contributed by atoms with Gasteiger partial charge in [0.05, 0.1) is 17.2 Å². The van der Waals surface area contributed by atoms with Gasteiger partial charge in [-0.1, -0.05) is 43.2 Å². The molecule has 0 bridgehead atoms. The van der Waals surface area contributed by atoms with Gasteiger partial charge in [-0.15, -0.1) is 4.59 Å². The molecule has 39 heavy (non-hydrogen) atoms. The van der Waals surface area contributed by atoms with Crippen LogP contribution in [-0.2, 0) is 28.3 Å². The van der Waals surface area contributed by atoms with E-state index in [0.29, 0.717) is 30.5 Å². The van der Waals surface area contributed by atoms with Crippen LogP contribution in [0.3, 0.4) is 0 Å². The number of nitrogens with zero attached hydrogens (tertiary/aromatic N) is 2. The van der Waals surface area contributed by atoms with E-state index < -0.39 is 46.1 Å². The number of alkyl halides is 6. The number of benzene rings is 2. The summed E-state index contributed by atoms with van der Waals surface area (Å²) in [7, 11) is 1.58. The molecule has 2 aromatic rings. The molecule has 0 amide bonds. The van der Waals surface area contributed by atoms with Crippen LogP contribution in [0.15, 0.2) is 66.0 Å². The van der Waals surface area contributed by atoms with E-state index >= 15 is 0 Å². The average molecular weight is 554 g/mol. The summed E-state index contributed by atoms with van der Waals surface area (Å²) in [5.41, 5.74) is -1.38. The van der Waals surface area contributed by atoms with E-state index in [1.807, 2.05) is 19.1 Å². The molecule has 0 aromatic heterocycles. The summed E-state index contributed by atoms with van der Waals surface area (Å²) >= 11 is 0. The van der Waals surface area contributed by atoms with Gasteiger partial charge in [0.15, 0.2) is 0 Å². The number of quaternary nitrogens is 1. The van der Waals surface area contributed by atoms with Crippen LogP contribution in [-0.4, -0.2) is 29.4 Å². The lowest BCUT2D eigenvalue weighted by molar-refractivity contribution is -0.812. The van der Waals surface area contributed by atoms with Crippen LogP contribution in [0.1, 0.15) is 61.9 Å². The number of ether oxygens (including phenoxy) is 1. The number of aryl methyl sites for hydroxylation is 1. The highest BCUT2D eigenvalue weighted by molar-refractivity contribution is 6.16. The highest BCUT2D eigenvalue weighted by atomic mass is 19.4. The third kappa shape index (κ3) is 7.59. The molecule has 2 aromatic carbocycles. The third-order valence-electron chi connectivity index (χ3n) is 6.17. The summed E-state index contributed by atoms with van der Waals surface area (Å²) in [6, 6.07) is 8.72. The molecule has 210 valence electrons. The van der Waals surface area contributed by atoms with E-state index in [-0.39, 0.29) is 22.9 Å². The lowest BCUT2D eigenvalue weighted by Gasteiger charge is -2.22. The van der Waals surface area contributed by atoms with Crippen molar-refractivity contribution in [3.63, 3.8) is 0 Å². The number of esters is 1. The van der Waals surface area contributed by atoms with Crippen molar-refractivity contribution < 1.29 is 40.5 Å². The monoisotopic (exact) mass is 553 g/mol. The number of allylic oxidation sites excluding steroid dienone is 1. The van der Waals surface area contributed by atoms with E-state index in [1.165, 1.54) is 6.20 Å². The van der Waals surface area contributed by atoms with Gasteiger partial charge in [-0.2, -0.15) is 26.3 Å². The van der Waals surface area contributed by atoms with E-state index in [9.17, 15) is 31.1 Å². The number of hydrogen-bond acceptors (Lipinski definition) is 3. The Morgan fingerprint density at radius 2 is 1.69 bits per heavy atom. The highest BCUT2D eigenvalue weighted by Gasteiger charge is 2.38. The second-order valence-electron chi connectivity index (χ2n) is 9.95. The quantitative estimate of drug-likeness (QED) is 0.157. The number of hydrogen-bond donors (Lipinski definition) is 0. The summed E-state index contributed by atoms with van der Waals surface area (Å²) < 4.78 is 86.4. The minimum atomic E-state index is -4.99. The molecule has 0 aliphatic carbocycles. The van der Waals surface area contributed by atoms with Gasteiger partial charge in [0.25, 0.3) is 0 Å². The van der Waals surface area contributed by atoms with E-state index in [0.717, 1.165) is 5.56 Å². The molecular formula is C29H31F6N2O2+. The van der Waals surface area contributed by atoms with Gasteiger partial charge in [-0.05, 0) is 62.1 Å². The predicted octanol–water partition coefficient (Wildman–Crippen LogP) is 7.98. The Kier molecular flexibility index (Phi) is 8.79. The zero-order chi connectivity index (χ0) is 29.2. The smallest absolute Gasteiger partial charge is 0.416 e. The molecule has 0 N–H and O–H groups in total. The van der Waals surface area contributed by atoms with E-state index in [1.54, 1.807) is 52.2 Å². The summed E-state index contributed by atoms with van der Waals surface area (Å²) in [5.74, 6) is -1.13. The molecule has 2 unspecified atom stereocenters. The van der Waals surface area contributed by atoms with Crippen molar-refractivity contribution in [2.45, 2.75) is 59.0 Å². The Labute approximate surface area is 223 Å². The molecule has 0 saturated carbocycles. The van der Waals surface area contributed by atoms with Crippen molar-refractivity contribution >= 4 is 17.3 Å². The molecule has 3 rings (SSSR count). The van der Waals surface area contributed by atoms with Gasteiger partial charge >= 0.3 is 18.3 Å². The second-order valence-corrected chi connectivity index (χ2v) is 9.95. The molecule has 0 spiro atoms. The first-order chi connectivity index (χ1) is 18.0. The zero-order valence-electron chi connectivity index (χ0n) is 22.3. The Morgan fingerprint density at radius 3 is 2.23 bits per heavy atom. The fourth-order valence-electron chi connectivity index (χ4n) is 4.21. The van der Waals surface area contributed by atoms with Gasteiger partial charge in [-0.3, -0.25) is 0 Å². The van der Waals surface area contributed by atoms with Crippen molar-refractivity contribution in [1.82, 2.24) is 0 Å². The predicted molar refractivity (Wildman–Crippen MR) is 137 cm³/mol. The van der Waals surface area contributed by atoms with Crippen molar-refractivity contribution in [3.8, 4) is 0 Å². The van der Waals surface area contributed by atoms with Crippen LogP contribution < -0.4 is 0 Å². The van der Waals surface area contributed by atoms with Crippen LogP contribution in [0.2, 0.25) is 0 Å². The van der Waals surface area contributed by atoms with Gasteiger partial charge in [0, 0.05) is 11.5 Å². The SMILES string of the molecule is CCc1cccc(C(=C[N+]2(C)C=CCC(C)C(c3cc(C(F)(F)F)cc(C(F)(F)F)c3)=N2)C(=O)OC(C)C)c1. The molecule has 0 fully saturated rings. The Bertz CT molecular complexity index is 1280. The maximum Gasteiger partial charge on any atom is 0.416 e. The van der Waals surface area contributed by atoms with Gasteiger partial charge in [0.1, 0.15) is 30.7 Å². The molecule has 1 aliphatic rings. The highest BCUT2D eigenvalue weighted by Crippen LogP contribution is 2.37. The van der Waals surface area contributed by atoms with Crippen molar-refractivity contribution in [1.29, 1.82) is 0 Å². The van der Waals surface area contributed by atoms with Crippen LogP contribution >= 0.6 is 0 Å². The summed E-state index contributed by atoms with van der Waals surface area (Å²) in [4.78, 5) is 13.2. The normalized spacial score (nSPS) is 20.6. The van der Waals surface area contributed by atoms with E-state index in [4.69, 9.17) is 4.74 Å². The molecular weight excluding hydrogens is 522 g/mol. The lowest BCUT2D eigenvalue weighted by atomic mass is 9.93. The number of carbonyl (C=O) groups is 1. The van der Waals surface area contributed by atoms with Gasteiger partial charge < -0.3 is 4.74 Å². The largest absolute Gasteiger partial charge is 0.459 e. The molecule has 2 atom stereocenters. The van der Waals surface area contributed by atoms with Gasteiger partial charge in [0.2, 0.25) is 0 Å². The fourth-order valence-corrected chi connectivity index (χ4v) is 4.21. The van der Waals surface area contributed by atoms with Crippen LogP contribution in [0.25, 0.3) is 5.57 Å². The molecule has 10 heteroatoms. The first-order valence-electron chi connectivity index (χ1n) is 12.5. The van der Waals surface area contributed by atoms with E-state index in [2.05, 4.69) is 5.10 Å². The minimum Gasteiger partial charge on any atom is -0.459 e. The topological polar surface area (TPSA) is 38.7 Å². The number of rotatable bonds is 6. The van der Waals surface area contributed by atoms with Crippen LogP contribution in [0.5, 0.6) is 0 Å². The maximum atomic E-state index is 13.6. The number of halogens is 6. The van der Waals surface area contributed by atoms with Crippen molar-refractivity contribution in [2.75, 3.05) is 7.05 Å². The summed E-state index contributed by atoms with van der Waals surface area (Å²) in [6.07, 6.45) is -4.51. The van der Waals surface area contributed by atoms with Gasteiger partial charge in [-0.25, -0.2) is 4.79 Å². The molecule has 4 nitrogen and oxygen atoms in total. The first-order valence-corrected chi connectivity index (χ1v) is 12.5. The summed E-state index contributed by atoms with van der Waals surface area (Å²) in [6.45, 7) is 7.03. The first kappa shape index (κ1) is 30.1. The second kappa shape index (κ2) is 11.4. The average Bonchev–Trinajstić information content (AvgIpc) is 2.99. The fraction of sp³-hybridized carbons (Fsp3) is 0.379. The van der Waals surface area contributed by atoms with Crippen molar-refractivity contribution in [3.05, 3.63) is 88.8 Å². The number of carbonyl (C=O) groups excluding carboxylic acids is 1. The third-order valence-corrected chi connectivity index (χ3v) is 6.17. The standard InChI is InChI=1S/C29H31F6N2O2/c1-6-20-10-7-11-21(13-20)25(27(38)39-18(2)3)17-37(5)12-8-9-19(4)26(36-37)22-14-23(28(30,31)32)16-24(15-22)29(33,34)35/h7-8,10-19H,6,9H2,1-5H3/q+1. The lowest BCUT2D eigenvalue weighted by Crippen LogP contribution is -2.29. The Morgan fingerprint density at radius 1 is 1.08 bits per heavy atom. The Balaban J connectivity index is 2.25. The van der Waals surface area contributed by atoms with Crippen LogP contribution in [0.4, 0.5) is 26.3 Å². The molecule has 1 heterocycles. The molecule has 1 aliphatic heterocycles. The van der Waals surface area contributed by atoms with Crippen LogP contribution in [0, 0.1) is 5.92 Å². The zero-order valence-corrected chi connectivity index (χ0v) is 22.3. The van der Waals surface area contributed by atoms with Crippen molar-refractivity contribution in [2.24, 2.45) is 11.0 Å². The minimum absolute atomic E-state index is 0.0502.